The van der Waals surface area contributed by atoms with Crippen LogP contribution in [0.2, 0.25) is 0 Å². The Bertz CT molecular complexity index is 674. The van der Waals surface area contributed by atoms with Crippen molar-refractivity contribution in [3.8, 4) is 0 Å². The molecule has 1 fully saturated rings. The molecule has 3 rings (SSSR count). The summed E-state index contributed by atoms with van der Waals surface area (Å²) in [6.45, 7) is 8.08. The minimum atomic E-state index is -0.735. The van der Waals surface area contributed by atoms with E-state index in [9.17, 15) is 9.90 Å². The van der Waals surface area contributed by atoms with Crippen LogP contribution in [0.5, 0.6) is 0 Å². The van der Waals surface area contributed by atoms with Gasteiger partial charge in [0.15, 0.2) is 5.78 Å². The number of hydrogen-bond donors (Lipinski definition) is 1. The molecule has 0 radical (unpaired) electrons. The van der Waals surface area contributed by atoms with Crippen molar-refractivity contribution in [3.63, 3.8) is 0 Å². The van der Waals surface area contributed by atoms with Gasteiger partial charge in [-0.05, 0) is 12.3 Å². The molecule has 1 aliphatic carbocycles. The summed E-state index contributed by atoms with van der Waals surface area (Å²) < 4.78 is 0. The molecule has 0 spiro atoms. The van der Waals surface area contributed by atoms with Crippen LogP contribution in [-0.2, 0) is 5.60 Å². The van der Waals surface area contributed by atoms with Crippen molar-refractivity contribution in [2.24, 2.45) is 11.3 Å². The lowest BCUT2D eigenvalue weighted by Gasteiger charge is -2.11. The van der Waals surface area contributed by atoms with Gasteiger partial charge in [-0.3, -0.25) is 19.7 Å². The summed E-state index contributed by atoms with van der Waals surface area (Å²) in [6.07, 6.45) is 10.8. The number of carbonyl (C=O) groups is 1. The van der Waals surface area contributed by atoms with Crippen molar-refractivity contribution in [1.29, 1.82) is 0 Å². The Morgan fingerprint density at radius 3 is 2.12 bits per heavy atom. The zero-order valence-corrected chi connectivity index (χ0v) is 14.6. The molecule has 2 aromatic rings. The molecule has 1 atom stereocenters. The Morgan fingerprint density at radius 2 is 1.71 bits per heavy atom. The van der Waals surface area contributed by atoms with E-state index in [1.807, 2.05) is 27.7 Å². The standard InChI is InChI=1S/2C9H12N2O/c1-8(2)6-9(8,12)7-5-10-3-4-11-7;1-7(2)5-9(12)8-6-10-3-4-11-8/h3-5,12H,6H2,1-2H3;3-4,6-7H,5H2,1-2H3. The van der Waals surface area contributed by atoms with Crippen LogP contribution in [0.4, 0.5) is 0 Å². The zero-order valence-electron chi connectivity index (χ0n) is 14.6. The molecule has 128 valence electrons. The van der Waals surface area contributed by atoms with Gasteiger partial charge in [0.2, 0.25) is 0 Å². The van der Waals surface area contributed by atoms with Gasteiger partial charge in [-0.15, -0.1) is 0 Å². The highest BCUT2D eigenvalue weighted by atomic mass is 16.3. The highest BCUT2D eigenvalue weighted by molar-refractivity contribution is 5.93. The molecule has 1 N–H and O–H groups in total. The molecule has 6 heteroatoms. The maximum atomic E-state index is 11.4. The van der Waals surface area contributed by atoms with E-state index in [0.29, 0.717) is 23.7 Å². The number of ketones is 1. The molecule has 0 bridgehead atoms. The fourth-order valence-corrected chi connectivity index (χ4v) is 2.46. The number of rotatable bonds is 4. The van der Waals surface area contributed by atoms with E-state index in [1.54, 1.807) is 24.8 Å². The molecule has 0 amide bonds. The quantitative estimate of drug-likeness (QED) is 0.868. The second-order valence-electron chi connectivity index (χ2n) is 7.12. The molecule has 0 aromatic carbocycles. The fourth-order valence-electron chi connectivity index (χ4n) is 2.46. The Balaban J connectivity index is 0.000000174. The van der Waals surface area contributed by atoms with Crippen LogP contribution in [0.1, 0.15) is 56.7 Å². The molecule has 24 heavy (non-hydrogen) atoms. The number of aromatic nitrogens is 4. The summed E-state index contributed by atoms with van der Waals surface area (Å²) in [5, 5.41) is 10.0. The van der Waals surface area contributed by atoms with Crippen LogP contribution in [-0.4, -0.2) is 30.8 Å². The lowest BCUT2D eigenvalue weighted by atomic mass is 10.1. The van der Waals surface area contributed by atoms with Crippen LogP contribution in [0.3, 0.4) is 0 Å². The first-order valence-corrected chi connectivity index (χ1v) is 8.04. The van der Waals surface area contributed by atoms with Gasteiger partial charge in [-0.1, -0.05) is 27.7 Å². The summed E-state index contributed by atoms with van der Waals surface area (Å²) >= 11 is 0. The summed E-state index contributed by atoms with van der Waals surface area (Å²) in [5.41, 5.74) is 0.380. The predicted molar refractivity (Wildman–Crippen MR) is 90.1 cm³/mol. The monoisotopic (exact) mass is 328 g/mol. The van der Waals surface area contributed by atoms with E-state index >= 15 is 0 Å². The number of aliphatic hydroxyl groups is 1. The van der Waals surface area contributed by atoms with E-state index in [-0.39, 0.29) is 11.2 Å². The lowest BCUT2D eigenvalue weighted by Crippen LogP contribution is -2.14. The van der Waals surface area contributed by atoms with Gasteiger partial charge in [-0.2, -0.15) is 0 Å². The summed E-state index contributed by atoms with van der Waals surface area (Å²) in [4.78, 5) is 27.1. The van der Waals surface area contributed by atoms with E-state index in [0.717, 1.165) is 6.42 Å². The second kappa shape index (κ2) is 7.13. The van der Waals surface area contributed by atoms with Gasteiger partial charge in [-0.25, -0.2) is 4.98 Å². The van der Waals surface area contributed by atoms with Gasteiger partial charge in [0, 0.05) is 36.6 Å². The molecule has 2 heterocycles. The maximum Gasteiger partial charge on any atom is 0.183 e. The van der Waals surface area contributed by atoms with Crippen molar-refractivity contribution in [3.05, 3.63) is 48.6 Å². The highest BCUT2D eigenvalue weighted by Crippen LogP contribution is 2.61. The third-order valence-corrected chi connectivity index (χ3v) is 4.12. The molecule has 0 aliphatic heterocycles. The van der Waals surface area contributed by atoms with Crippen molar-refractivity contribution < 1.29 is 9.90 Å². The molecular formula is C18H24N4O2. The predicted octanol–water partition coefficient (Wildman–Crippen LogP) is 2.80. The van der Waals surface area contributed by atoms with Crippen LogP contribution in [0.25, 0.3) is 0 Å². The van der Waals surface area contributed by atoms with Crippen molar-refractivity contribution in [2.45, 2.75) is 46.1 Å². The summed E-state index contributed by atoms with van der Waals surface area (Å²) in [5.74, 6) is 0.442. The second-order valence-corrected chi connectivity index (χ2v) is 7.12. The van der Waals surface area contributed by atoms with Gasteiger partial charge < -0.3 is 5.11 Å². The van der Waals surface area contributed by atoms with E-state index in [2.05, 4.69) is 19.9 Å². The zero-order chi connectivity index (χ0) is 17.8. The molecule has 1 saturated carbocycles. The summed E-state index contributed by atoms with van der Waals surface area (Å²) in [6, 6.07) is 0. The van der Waals surface area contributed by atoms with E-state index in [4.69, 9.17) is 0 Å². The third kappa shape index (κ3) is 4.20. The SMILES string of the molecule is CC(C)CC(=O)c1cnccn1.CC1(C)CC1(O)c1cnccn1. The highest BCUT2D eigenvalue weighted by Gasteiger charge is 2.62. The topological polar surface area (TPSA) is 88.9 Å². The Hall–Kier alpha value is -2.21. The van der Waals surface area contributed by atoms with E-state index in [1.165, 1.54) is 12.4 Å². The average Bonchev–Trinajstić information content (AvgIpc) is 3.09. The molecule has 1 aliphatic rings. The number of nitrogens with zero attached hydrogens (tertiary/aromatic N) is 4. The Kier molecular flexibility index (Phi) is 5.39. The third-order valence-electron chi connectivity index (χ3n) is 4.12. The fraction of sp³-hybridized carbons (Fsp3) is 0.500. The minimum absolute atomic E-state index is 0.0387. The number of hydrogen-bond acceptors (Lipinski definition) is 6. The van der Waals surface area contributed by atoms with Crippen LogP contribution in [0, 0.1) is 11.3 Å². The van der Waals surface area contributed by atoms with Gasteiger partial charge in [0.25, 0.3) is 0 Å². The van der Waals surface area contributed by atoms with Crippen LogP contribution < -0.4 is 0 Å². The average molecular weight is 328 g/mol. The molecule has 1 unspecified atom stereocenters. The molecule has 2 aromatic heterocycles. The van der Waals surface area contributed by atoms with Crippen molar-refractivity contribution in [1.82, 2.24) is 19.9 Å². The first-order valence-electron chi connectivity index (χ1n) is 8.04. The van der Waals surface area contributed by atoms with Crippen LogP contribution in [0.15, 0.2) is 37.2 Å². The van der Waals surface area contributed by atoms with Crippen LogP contribution >= 0.6 is 0 Å². The Labute approximate surface area is 142 Å². The number of Topliss-reactive ketones (excluding diaryl/α,β-unsaturated/α-hetero) is 1. The lowest BCUT2D eigenvalue weighted by molar-refractivity contribution is 0.0962. The minimum Gasteiger partial charge on any atom is -0.383 e. The number of carbonyl (C=O) groups excluding carboxylic acids is 1. The van der Waals surface area contributed by atoms with Gasteiger partial charge in [0.1, 0.15) is 11.3 Å². The first-order chi connectivity index (χ1) is 11.3. The normalized spacial score (nSPS) is 20.9. The van der Waals surface area contributed by atoms with Gasteiger partial charge >= 0.3 is 0 Å². The maximum absolute atomic E-state index is 11.4. The molecule has 6 nitrogen and oxygen atoms in total. The first kappa shape index (κ1) is 18.1. The van der Waals surface area contributed by atoms with Gasteiger partial charge in [0.05, 0.1) is 18.1 Å². The largest absolute Gasteiger partial charge is 0.383 e. The molecule has 0 saturated heterocycles. The summed E-state index contributed by atoms with van der Waals surface area (Å²) in [7, 11) is 0. The Morgan fingerprint density at radius 1 is 1.12 bits per heavy atom. The van der Waals surface area contributed by atoms with Crippen molar-refractivity contribution >= 4 is 5.78 Å². The van der Waals surface area contributed by atoms with E-state index < -0.39 is 5.60 Å². The van der Waals surface area contributed by atoms with Crippen molar-refractivity contribution in [2.75, 3.05) is 0 Å². The molecular weight excluding hydrogens is 304 g/mol. The smallest absolute Gasteiger partial charge is 0.183 e.